The van der Waals surface area contributed by atoms with E-state index in [2.05, 4.69) is 20.8 Å². The highest BCUT2D eigenvalue weighted by atomic mass is 16.8. The van der Waals surface area contributed by atoms with Gasteiger partial charge in [-0.3, -0.25) is 0 Å². The molecule has 4 rings (SSSR count). The SMILES string of the molecule is CC1CC[C@@H]2C3[C@@H](O1)O[C@H](OCc1ccc(B(O)O)cc1)[C@H](C)[C@@H]3CC[C@H]2C. The minimum absolute atomic E-state index is 0.164. The number of hydrogen-bond acceptors (Lipinski definition) is 5. The molecule has 0 spiro atoms. The monoisotopic (exact) mass is 388 g/mol. The van der Waals surface area contributed by atoms with Crippen molar-refractivity contribution in [2.75, 3.05) is 0 Å². The van der Waals surface area contributed by atoms with Crippen molar-refractivity contribution >= 4 is 12.6 Å². The smallest absolute Gasteiger partial charge is 0.423 e. The highest BCUT2D eigenvalue weighted by molar-refractivity contribution is 6.58. The summed E-state index contributed by atoms with van der Waals surface area (Å²) in [5.41, 5.74) is 1.48. The van der Waals surface area contributed by atoms with Gasteiger partial charge in [0.25, 0.3) is 0 Å². The molecule has 1 saturated carbocycles. The average Bonchev–Trinajstić information content (AvgIpc) is 2.84. The Kier molecular flexibility index (Phi) is 6.14. The van der Waals surface area contributed by atoms with E-state index in [4.69, 9.17) is 14.2 Å². The highest BCUT2D eigenvalue weighted by Crippen LogP contribution is 2.52. The zero-order valence-corrected chi connectivity index (χ0v) is 17.2. The minimum Gasteiger partial charge on any atom is -0.423 e. The summed E-state index contributed by atoms with van der Waals surface area (Å²) in [5, 5.41) is 18.5. The molecule has 28 heavy (non-hydrogen) atoms. The van der Waals surface area contributed by atoms with Crippen LogP contribution >= 0.6 is 0 Å². The first-order chi connectivity index (χ1) is 13.4. The van der Waals surface area contributed by atoms with Gasteiger partial charge in [-0.1, -0.05) is 44.5 Å². The summed E-state index contributed by atoms with van der Waals surface area (Å²) in [6, 6.07) is 7.17. The van der Waals surface area contributed by atoms with Crippen LogP contribution in [-0.4, -0.2) is 35.9 Å². The quantitative estimate of drug-likeness (QED) is 0.777. The Balaban J connectivity index is 1.45. The van der Waals surface area contributed by atoms with Crippen molar-refractivity contribution in [1.82, 2.24) is 0 Å². The van der Waals surface area contributed by atoms with E-state index in [0.29, 0.717) is 35.7 Å². The summed E-state index contributed by atoms with van der Waals surface area (Å²) in [7, 11) is -1.44. The Morgan fingerprint density at radius 3 is 2.39 bits per heavy atom. The third kappa shape index (κ3) is 4.03. The Labute approximate surface area is 168 Å². The molecule has 154 valence electrons. The van der Waals surface area contributed by atoms with Gasteiger partial charge in [-0.05, 0) is 55.0 Å². The Hall–Kier alpha value is -0.915. The average molecular weight is 388 g/mol. The van der Waals surface area contributed by atoms with E-state index in [-0.39, 0.29) is 18.7 Å². The lowest BCUT2D eigenvalue weighted by atomic mass is 9.61. The predicted octanol–water partition coefficient (Wildman–Crippen LogP) is 2.68. The van der Waals surface area contributed by atoms with E-state index in [1.54, 1.807) is 12.1 Å². The van der Waals surface area contributed by atoms with Crippen LogP contribution in [0.25, 0.3) is 0 Å². The van der Waals surface area contributed by atoms with Gasteiger partial charge in [0, 0.05) is 11.8 Å². The molecule has 6 heteroatoms. The van der Waals surface area contributed by atoms with Gasteiger partial charge in [-0.2, -0.15) is 0 Å². The predicted molar refractivity (Wildman–Crippen MR) is 108 cm³/mol. The normalized spacial score (nSPS) is 40.5. The van der Waals surface area contributed by atoms with Crippen LogP contribution in [0, 0.1) is 29.6 Å². The summed E-state index contributed by atoms with van der Waals surface area (Å²) in [6.45, 7) is 7.26. The molecule has 2 aliphatic heterocycles. The fraction of sp³-hybridized carbons (Fsp3) is 0.727. The largest absolute Gasteiger partial charge is 0.488 e. The highest BCUT2D eigenvalue weighted by Gasteiger charge is 2.52. The Bertz CT molecular complexity index is 651. The maximum Gasteiger partial charge on any atom is 0.488 e. The number of ether oxygens (including phenoxy) is 3. The van der Waals surface area contributed by atoms with Crippen LogP contribution in [0.1, 0.15) is 52.0 Å². The topological polar surface area (TPSA) is 68.2 Å². The van der Waals surface area contributed by atoms with Gasteiger partial charge in [-0.25, -0.2) is 0 Å². The Morgan fingerprint density at radius 1 is 0.964 bits per heavy atom. The number of hydrogen-bond donors (Lipinski definition) is 2. The summed E-state index contributed by atoms with van der Waals surface area (Å²) in [5.74, 6) is 2.84. The molecular formula is C22H33BO5. The van der Waals surface area contributed by atoms with Crippen molar-refractivity contribution in [1.29, 1.82) is 0 Å². The van der Waals surface area contributed by atoms with E-state index in [1.807, 2.05) is 12.1 Å². The van der Waals surface area contributed by atoms with Crippen LogP contribution in [0.3, 0.4) is 0 Å². The van der Waals surface area contributed by atoms with E-state index < -0.39 is 7.12 Å². The minimum atomic E-state index is -1.44. The fourth-order valence-corrected chi connectivity index (χ4v) is 5.60. The zero-order valence-electron chi connectivity index (χ0n) is 17.2. The van der Waals surface area contributed by atoms with Gasteiger partial charge >= 0.3 is 7.12 Å². The molecule has 2 saturated heterocycles. The molecule has 2 heterocycles. The van der Waals surface area contributed by atoms with E-state index in [1.165, 1.54) is 19.3 Å². The maximum atomic E-state index is 9.23. The van der Waals surface area contributed by atoms with Crippen LogP contribution in [0.15, 0.2) is 24.3 Å². The van der Waals surface area contributed by atoms with E-state index in [0.717, 1.165) is 17.9 Å². The summed E-state index contributed by atoms with van der Waals surface area (Å²) >= 11 is 0. The molecular weight excluding hydrogens is 355 g/mol. The fourth-order valence-electron chi connectivity index (χ4n) is 5.60. The lowest BCUT2D eigenvalue weighted by Gasteiger charge is -2.51. The molecule has 3 aliphatic rings. The molecule has 8 atom stereocenters. The van der Waals surface area contributed by atoms with Gasteiger partial charge in [-0.15, -0.1) is 0 Å². The molecule has 0 amide bonds. The van der Waals surface area contributed by atoms with Crippen molar-refractivity contribution in [2.24, 2.45) is 29.6 Å². The molecule has 1 aromatic carbocycles. The molecule has 0 radical (unpaired) electrons. The third-order valence-electron chi connectivity index (χ3n) is 7.33. The molecule has 5 nitrogen and oxygen atoms in total. The van der Waals surface area contributed by atoms with Crippen molar-refractivity contribution in [3.8, 4) is 0 Å². The first-order valence-corrected chi connectivity index (χ1v) is 10.8. The van der Waals surface area contributed by atoms with Crippen molar-refractivity contribution < 1.29 is 24.3 Å². The van der Waals surface area contributed by atoms with Gasteiger partial charge in [0.15, 0.2) is 12.6 Å². The molecule has 2 N–H and O–H groups in total. The van der Waals surface area contributed by atoms with Crippen LogP contribution in [-0.2, 0) is 20.8 Å². The summed E-state index contributed by atoms with van der Waals surface area (Å²) in [6.07, 6.45) is 4.66. The van der Waals surface area contributed by atoms with E-state index in [9.17, 15) is 10.0 Å². The van der Waals surface area contributed by atoms with Crippen LogP contribution in [0.4, 0.5) is 0 Å². The summed E-state index contributed by atoms with van der Waals surface area (Å²) in [4.78, 5) is 0. The van der Waals surface area contributed by atoms with Gasteiger partial charge in [0.2, 0.25) is 0 Å². The molecule has 0 bridgehead atoms. The van der Waals surface area contributed by atoms with Gasteiger partial charge < -0.3 is 24.3 Å². The molecule has 3 fully saturated rings. The van der Waals surface area contributed by atoms with Gasteiger partial charge in [0.05, 0.1) is 12.7 Å². The van der Waals surface area contributed by atoms with Crippen LogP contribution in [0.2, 0.25) is 0 Å². The van der Waals surface area contributed by atoms with Gasteiger partial charge in [0.1, 0.15) is 0 Å². The molecule has 1 aliphatic carbocycles. The number of benzene rings is 1. The zero-order chi connectivity index (χ0) is 19.8. The molecule has 0 aromatic heterocycles. The van der Waals surface area contributed by atoms with E-state index >= 15 is 0 Å². The third-order valence-corrected chi connectivity index (χ3v) is 7.33. The second-order valence-electron chi connectivity index (χ2n) is 9.14. The second-order valence-corrected chi connectivity index (χ2v) is 9.14. The lowest BCUT2D eigenvalue weighted by molar-refractivity contribution is -0.336. The maximum absolute atomic E-state index is 9.23. The molecule has 1 aromatic rings. The van der Waals surface area contributed by atoms with Crippen molar-refractivity contribution in [3.63, 3.8) is 0 Å². The first-order valence-electron chi connectivity index (χ1n) is 10.8. The first kappa shape index (κ1) is 20.4. The second kappa shape index (κ2) is 8.45. The standard InChI is InChI=1S/C22H33BO5/c1-13-4-10-19-15(3)21(26-12-16-6-8-17(9-7-16)23(24)25)28-22-20(19)18(13)11-5-14(2)27-22/h6-9,13-15,18-22,24-25H,4-5,10-12H2,1-3H3/t13-,14?,15-,18+,19+,20?,21+,22+/m1/s1. The van der Waals surface area contributed by atoms with Crippen molar-refractivity contribution in [2.45, 2.75) is 71.7 Å². The summed E-state index contributed by atoms with van der Waals surface area (Å²) < 4.78 is 18.9. The van der Waals surface area contributed by atoms with Crippen LogP contribution < -0.4 is 5.46 Å². The molecule has 2 unspecified atom stereocenters. The van der Waals surface area contributed by atoms with Crippen LogP contribution in [0.5, 0.6) is 0 Å². The number of rotatable bonds is 4. The Morgan fingerprint density at radius 2 is 1.68 bits per heavy atom. The lowest BCUT2D eigenvalue weighted by Crippen LogP contribution is -2.53. The van der Waals surface area contributed by atoms with Crippen molar-refractivity contribution in [3.05, 3.63) is 29.8 Å².